The first-order valence-corrected chi connectivity index (χ1v) is 5.34. The second-order valence-corrected chi connectivity index (χ2v) is 3.91. The molecule has 2 rings (SSSR count). The number of benzene rings is 1. The monoisotopic (exact) mass is 216 g/mol. The van der Waals surface area contributed by atoms with Crippen LogP contribution in [0.2, 0.25) is 0 Å². The molecule has 84 valence electrons. The summed E-state index contributed by atoms with van der Waals surface area (Å²) in [6.07, 6.45) is 1.55. The van der Waals surface area contributed by atoms with Gasteiger partial charge in [-0.3, -0.25) is 0 Å². The van der Waals surface area contributed by atoms with Crippen molar-refractivity contribution in [2.75, 3.05) is 0 Å². The average molecular weight is 216 g/mol. The van der Waals surface area contributed by atoms with Crippen LogP contribution in [-0.2, 0) is 13.1 Å². The zero-order valence-corrected chi connectivity index (χ0v) is 9.64. The molecule has 0 aliphatic rings. The number of rotatable bonds is 3. The quantitative estimate of drug-likeness (QED) is 0.843. The highest BCUT2D eigenvalue weighted by molar-refractivity contribution is 5.33. The van der Waals surface area contributed by atoms with Crippen molar-refractivity contribution in [1.29, 1.82) is 0 Å². The van der Waals surface area contributed by atoms with Gasteiger partial charge in [-0.2, -0.15) is 5.10 Å². The predicted octanol–water partition coefficient (Wildman–Crippen LogP) is 1.40. The minimum absolute atomic E-state index is 0.422. The molecule has 2 N–H and O–H groups in total. The van der Waals surface area contributed by atoms with Crippen molar-refractivity contribution >= 4 is 0 Å². The van der Waals surface area contributed by atoms with Gasteiger partial charge < -0.3 is 5.73 Å². The summed E-state index contributed by atoms with van der Waals surface area (Å²) in [7, 11) is 0. The van der Waals surface area contributed by atoms with E-state index in [4.69, 9.17) is 5.73 Å². The number of aromatic nitrogens is 3. The van der Waals surface area contributed by atoms with Gasteiger partial charge in [0.05, 0.1) is 13.1 Å². The molecular weight excluding hydrogens is 200 g/mol. The van der Waals surface area contributed by atoms with E-state index >= 15 is 0 Å². The van der Waals surface area contributed by atoms with Crippen molar-refractivity contribution in [3.05, 3.63) is 47.0 Å². The molecule has 0 aliphatic heterocycles. The first-order valence-electron chi connectivity index (χ1n) is 5.34. The smallest absolute Gasteiger partial charge is 0.140 e. The lowest BCUT2D eigenvalue weighted by Crippen LogP contribution is -2.12. The Labute approximate surface area is 95.1 Å². The molecule has 0 fully saturated rings. The van der Waals surface area contributed by atoms with Gasteiger partial charge in [0.2, 0.25) is 0 Å². The van der Waals surface area contributed by atoms with Crippen molar-refractivity contribution < 1.29 is 0 Å². The normalized spacial score (nSPS) is 10.7. The van der Waals surface area contributed by atoms with Crippen molar-refractivity contribution in [1.82, 2.24) is 14.8 Å². The summed E-state index contributed by atoms with van der Waals surface area (Å²) in [5.41, 5.74) is 9.45. The number of nitrogens with two attached hydrogens (primary N) is 1. The van der Waals surface area contributed by atoms with Gasteiger partial charge in [0, 0.05) is 0 Å². The highest BCUT2D eigenvalue weighted by Gasteiger charge is 2.06. The fourth-order valence-electron chi connectivity index (χ4n) is 1.83. The van der Waals surface area contributed by atoms with Crippen LogP contribution in [0.1, 0.15) is 22.5 Å². The van der Waals surface area contributed by atoms with Gasteiger partial charge in [-0.05, 0) is 30.5 Å². The Balaban J connectivity index is 2.34. The van der Waals surface area contributed by atoms with E-state index in [2.05, 4.69) is 42.1 Å². The number of aryl methyl sites for hydroxylation is 2. The molecule has 16 heavy (non-hydrogen) atoms. The standard InChI is InChI=1S/C12H16N4/c1-9-4-3-5-10(2)11(9)7-16-12(6-13)14-8-15-16/h3-5,8H,6-7,13H2,1-2H3. The Morgan fingerprint density at radius 3 is 2.56 bits per heavy atom. The molecular formula is C12H16N4. The van der Waals surface area contributed by atoms with Gasteiger partial charge in [0.1, 0.15) is 12.2 Å². The topological polar surface area (TPSA) is 56.7 Å². The van der Waals surface area contributed by atoms with Gasteiger partial charge in [-0.15, -0.1) is 0 Å². The molecule has 0 amide bonds. The third kappa shape index (κ3) is 1.97. The molecule has 2 aromatic rings. The van der Waals surface area contributed by atoms with E-state index in [0.29, 0.717) is 6.54 Å². The molecule has 0 atom stereocenters. The summed E-state index contributed by atoms with van der Waals surface area (Å²) in [4.78, 5) is 4.12. The SMILES string of the molecule is Cc1cccc(C)c1Cn1ncnc1CN. The molecule has 0 radical (unpaired) electrons. The third-order valence-electron chi connectivity index (χ3n) is 2.83. The van der Waals surface area contributed by atoms with Crippen LogP contribution in [0.25, 0.3) is 0 Å². The summed E-state index contributed by atoms with van der Waals surface area (Å²) in [6, 6.07) is 6.29. The van der Waals surface area contributed by atoms with Gasteiger partial charge in [0.25, 0.3) is 0 Å². The van der Waals surface area contributed by atoms with E-state index in [1.165, 1.54) is 16.7 Å². The number of hydrogen-bond donors (Lipinski definition) is 1. The zero-order chi connectivity index (χ0) is 11.5. The molecule has 0 saturated carbocycles. The van der Waals surface area contributed by atoms with Crippen molar-refractivity contribution in [3.8, 4) is 0 Å². The van der Waals surface area contributed by atoms with Gasteiger partial charge in [-0.25, -0.2) is 9.67 Å². The first kappa shape index (κ1) is 10.8. The zero-order valence-electron chi connectivity index (χ0n) is 9.64. The third-order valence-corrected chi connectivity index (χ3v) is 2.83. The first-order chi connectivity index (χ1) is 7.72. The summed E-state index contributed by atoms with van der Waals surface area (Å²) in [6.45, 7) is 5.39. The Hall–Kier alpha value is -1.68. The Kier molecular flexibility index (Phi) is 3.01. The largest absolute Gasteiger partial charge is 0.324 e. The van der Waals surface area contributed by atoms with Gasteiger partial charge in [-0.1, -0.05) is 18.2 Å². The fourth-order valence-corrected chi connectivity index (χ4v) is 1.83. The van der Waals surface area contributed by atoms with Crippen molar-refractivity contribution in [2.24, 2.45) is 5.73 Å². The maximum absolute atomic E-state index is 5.60. The summed E-state index contributed by atoms with van der Waals surface area (Å²) in [5, 5.41) is 4.19. The minimum atomic E-state index is 0.422. The number of nitrogens with zero attached hydrogens (tertiary/aromatic N) is 3. The van der Waals surface area contributed by atoms with Crippen LogP contribution in [0.3, 0.4) is 0 Å². The van der Waals surface area contributed by atoms with E-state index in [9.17, 15) is 0 Å². The predicted molar refractivity (Wildman–Crippen MR) is 62.9 cm³/mol. The van der Waals surface area contributed by atoms with Crippen LogP contribution < -0.4 is 5.73 Å². The Bertz CT molecular complexity index is 467. The number of hydrogen-bond acceptors (Lipinski definition) is 3. The maximum atomic E-state index is 5.60. The maximum Gasteiger partial charge on any atom is 0.140 e. The van der Waals surface area contributed by atoms with Gasteiger partial charge >= 0.3 is 0 Å². The van der Waals surface area contributed by atoms with Crippen LogP contribution >= 0.6 is 0 Å². The van der Waals surface area contributed by atoms with Crippen LogP contribution in [0.5, 0.6) is 0 Å². The molecule has 0 bridgehead atoms. The van der Waals surface area contributed by atoms with Crippen LogP contribution in [0, 0.1) is 13.8 Å². The average Bonchev–Trinajstić information content (AvgIpc) is 2.71. The highest BCUT2D eigenvalue weighted by Crippen LogP contribution is 2.14. The van der Waals surface area contributed by atoms with E-state index in [1.807, 2.05) is 4.68 Å². The van der Waals surface area contributed by atoms with Crippen LogP contribution in [0.15, 0.2) is 24.5 Å². The molecule has 0 saturated heterocycles. The van der Waals surface area contributed by atoms with Crippen LogP contribution in [-0.4, -0.2) is 14.8 Å². The molecule has 0 unspecified atom stereocenters. The summed E-state index contributed by atoms with van der Waals surface area (Å²) >= 11 is 0. The lowest BCUT2D eigenvalue weighted by atomic mass is 10.0. The lowest BCUT2D eigenvalue weighted by molar-refractivity contribution is 0.634. The van der Waals surface area contributed by atoms with E-state index in [1.54, 1.807) is 6.33 Å². The van der Waals surface area contributed by atoms with Crippen molar-refractivity contribution in [2.45, 2.75) is 26.9 Å². The molecule has 4 heteroatoms. The second-order valence-electron chi connectivity index (χ2n) is 3.91. The highest BCUT2D eigenvalue weighted by atomic mass is 15.3. The fraction of sp³-hybridized carbons (Fsp3) is 0.333. The summed E-state index contributed by atoms with van der Waals surface area (Å²) in [5.74, 6) is 0.822. The lowest BCUT2D eigenvalue weighted by Gasteiger charge is -2.10. The molecule has 0 spiro atoms. The molecule has 0 aliphatic carbocycles. The molecule has 1 heterocycles. The van der Waals surface area contributed by atoms with E-state index in [-0.39, 0.29) is 0 Å². The minimum Gasteiger partial charge on any atom is -0.324 e. The van der Waals surface area contributed by atoms with Crippen molar-refractivity contribution in [3.63, 3.8) is 0 Å². The molecule has 1 aromatic carbocycles. The van der Waals surface area contributed by atoms with E-state index < -0.39 is 0 Å². The van der Waals surface area contributed by atoms with Gasteiger partial charge in [0.15, 0.2) is 0 Å². The van der Waals surface area contributed by atoms with E-state index in [0.717, 1.165) is 12.4 Å². The summed E-state index contributed by atoms with van der Waals surface area (Å²) < 4.78 is 1.86. The Morgan fingerprint density at radius 2 is 1.94 bits per heavy atom. The molecule has 1 aromatic heterocycles. The molecule has 4 nitrogen and oxygen atoms in total. The Morgan fingerprint density at radius 1 is 1.25 bits per heavy atom. The second kappa shape index (κ2) is 4.45. The van der Waals surface area contributed by atoms with Crippen LogP contribution in [0.4, 0.5) is 0 Å².